The van der Waals surface area contributed by atoms with Crippen molar-refractivity contribution in [2.24, 2.45) is 0 Å². The van der Waals surface area contributed by atoms with Gasteiger partial charge in [-0.1, -0.05) is 0 Å². The molecule has 1 heterocycles. The summed E-state index contributed by atoms with van der Waals surface area (Å²) in [6, 6.07) is 12.2. The van der Waals surface area contributed by atoms with E-state index in [1.54, 1.807) is 36.5 Å². The molecule has 0 spiro atoms. The Balaban J connectivity index is 2.38. The lowest BCUT2D eigenvalue weighted by molar-refractivity contribution is 0.319. The van der Waals surface area contributed by atoms with Gasteiger partial charge in [0.25, 0.3) is 0 Å². The maximum absolute atomic E-state index is 9.01. The van der Waals surface area contributed by atoms with E-state index in [0.717, 1.165) is 0 Å². The predicted molar refractivity (Wildman–Crippen MR) is 71.4 cm³/mol. The van der Waals surface area contributed by atoms with E-state index in [9.17, 15) is 0 Å². The molecule has 0 saturated carbocycles. The minimum Gasteiger partial charge on any atom is -0.490 e. The van der Waals surface area contributed by atoms with Gasteiger partial charge in [-0.25, -0.2) is 4.98 Å². The fourth-order valence-corrected chi connectivity index (χ4v) is 1.59. The number of nitrogens with zero attached hydrogens (tertiary/aromatic N) is 3. The molecule has 0 saturated heterocycles. The highest BCUT2D eigenvalue weighted by Crippen LogP contribution is 2.32. The first-order valence-electron chi connectivity index (χ1n) is 5.98. The molecule has 5 nitrogen and oxygen atoms in total. The van der Waals surface area contributed by atoms with Gasteiger partial charge in [-0.05, 0) is 31.2 Å². The number of rotatable bonds is 4. The molecule has 0 fully saturated rings. The molecule has 0 aliphatic rings. The minimum absolute atomic E-state index is 0.209. The lowest BCUT2D eigenvalue weighted by Crippen LogP contribution is -1.97. The Bertz CT molecular complexity index is 699. The van der Waals surface area contributed by atoms with Gasteiger partial charge in [0.2, 0.25) is 5.88 Å². The summed E-state index contributed by atoms with van der Waals surface area (Å²) < 4.78 is 11.1. The van der Waals surface area contributed by atoms with Gasteiger partial charge in [0.15, 0.2) is 11.5 Å². The second-order valence-electron chi connectivity index (χ2n) is 3.78. The van der Waals surface area contributed by atoms with Crippen LogP contribution >= 0.6 is 0 Å². The summed E-state index contributed by atoms with van der Waals surface area (Å²) in [7, 11) is 0. The maximum Gasteiger partial charge on any atom is 0.237 e. The van der Waals surface area contributed by atoms with Gasteiger partial charge in [-0.3, -0.25) is 0 Å². The van der Waals surface area contributed by atoms with Gasteiger partial charge >= 0.3 is 0 Å². The highest BCUT2D eigenvalue weighted by molar-refractivity contribution is 5.49. The quantitative estimate of drug-likeness (QED) is 0.848. The van der Waals surface area contributed by atoms with E-state index in [4.69, 9.17) is 20.0 Å². The van der Waals surface area contributed by atoms with E-state index in [1.807, 2.05) is 19.1 Å². The number of hydrogen-bond donors (Lipinski definition) is 0. The van der Waals surface area contributed by atoms with Gasteiger partial charge in [0.1, 0.15) is 11.6 Å². The van der Waals surface area contributed by atoms with Crippen LogP contribution in [0.4, 0.5) is 0 Å². The Kier molecular flexibility index (Phi) is 4.16. The van der Waals surface area contributed by atoms with Crippen LogP contribution in [0.1, 0.15) is 18.1 Å². The van der Waals surface area contributed by atoms with Crippen molar-refractivity contribution < 1.29 is 9.47 Å². The molecule has 1 aromatic carbocycles. The first-order chi connectivity index (χ1) is 9.78. The third kappa shape index (κ3) is 2.85. The fraction of sp³-hybridized carbons (Fsp3) is 0.133. The SMILES string of the molecule is CCOc1cc(C#N)ccc1Oc1ncccc1C#N. The molecule has 5 heteroatoms. The fourth-order valence-electron chi connectivity index (χ4n) is 1.59. The highest BCUT2D eigenvalue weighted by Gasteiger charge is 2.11. The first-order valence-corrected chi connectivity index (χ1v) is 5.98. The van der Waals surface area contributed by atoms with Gasteiger partial charge in [-0.15, -0.1) is 0 Å². The minimum atomic E-state index is 0.209. The van der Waals surface area contributed by atoms with Crippen molar-refractivity contribution in [3.8, 4) is 29.5 Å². The zero-order valence-corrected chi connectivity index (χ0v) is 10.8. The molecule has 0 amide bonds. The van der Waals surface area contributed by atoms with E-state index >= 15 is 0 Å². The molecule has 0 bridgehead atoms. The monoisotopic (exact) mass is 265 g/mol. The normalized spacial score (nSPS) is 9.35. The first kappa shape index (κ1) is 13.4. The van der Waals surface area contributed by atoms with E-state index in [2.05, 4.69) is 4.98 Å². The highest BCUT2D eigenvalue weighted by atomic mass is 16.5. The van der Waals surface area contributed by atoms with E-state index < -0.39 is 0 Å². The van der Waals surface area contributed by atoms with Crippen molar-refractivity contribution in [1.29, 1.82) is 10.5 Å². The summed E-state index contributed by atoms with van der Waals surface area (Å²) in [5.41, 5.74) is 0.807. The molecule has 20 heavy (non-hydrogen) atoms. The van der Waals surface area contributed by atoms with Crippen molar-refractivity contribution in [3.63, 3.8) is 0 Å². The number of aromatic nitrogens is 1. The van der Waals surface area contributed by atoms with Crippen LogP contribution in [0.15, 0.2) is 36.5 Å². The molecule has 1 aromatic heterocycles. The standard InChI is InChI=1S/C15H11N3O2/c1-2-19-14-8-11(9-16)5-6-13(14)20-15-12(10-17)4-3-7-18-15/h3-8H,2H2,1H3. The maximum atomic E-state index is 9.01. The number of nitriles is 2. The number of pyridine rings is 1. The summed E-state index contributed by atoms with van der Waals surface area (Å²) >= 11 is 0. The molecular weight excluding hydrogens is 254 g/mol. The molecule has 2 aromatic rings. The van der Waals surface area contributed by atoms with Crippen LogP contribution in [0.25, 0.3) is 0 Å². The topological polar surface area (TPSA) is 78.9 Å². The second-order valence-corrected chi connectivity index (χ2v) is 3.78. The Morgan fingerprint density at radius 1 is 1.15 bits per heavy atom. The van der Waals surface area contributed by atoms with Crippen LogP contribution < -0.4 is 9.47 Å². The van der Waals surface area contributed by atoms with Gasteiger partial charge < -0.3 is 9.47 Å². The average molecular weight is 265 g/mol. The van der Waals surface area contributed by atoms with Crippen LogP contribution in [-0.4, -0.2) is 11.6 Å². The lowest BCUT2D eigenvalue weighted by atomic mass is 10.2. The molecular formula is C15H11N3O2. The van der Waals surface area contributed by atoms with Crippen LogP contribution in [0.2, 0.25) is 0 Å². The molecule has 0 aliphatic carbocycles. The zero-order valence-electron chi connectivity index (χ0n) is 10.8. The van der Waals surface area contributed by atoms with Crippen LogP contribution in [0.5, 0.6) is 17.4 Å². The van der Waals surface area contributed by atoms with Crippen molar-refractivity contribution in [1.82, 2.24) is 4.98 Å². The van der Waals surface area contributed by atoms with E-state index in [1.165, 1.54) is 0 Å². The number of hydrogen-bond acceptors (Lipinski definition) is 5. The molecule has 0 atom stereocenters. The van der Waals surface area contributed by atoms with Gasteiger partial charge in [-0.2, -0.15) is 10.5 Å². The zero-order chi connectivity index (χ0) is 14.4. The Morgan fingerprint density at radius 2 is 2.00 bits per heavy atom. The molecule has 0 aliphatic heterocycles. The van der Waals surface area contributed by atoms with Crippen LogP contribution in [0, 0.1) is 22.7 Å². The van der Waals surface area contributed by atoms with Gasteiger partial charge in [0, 0.05) is 12.3 Å². The summed E-state index contributed by atoms with van der Waals surface area (Å²) in [5, 5.41) is 17.9. The van der Waals surface area contributed by atoms with Crippen LogP contribution in [0.3, 0.4) is 0 Å². The predicted octanol–water partition coefficient (Wildman–Crippen LogP) is 3.02. The van der Waals surface area contributed by atoms with E-state index in [-0.39, 0.29) is 5.88 Å². The smallest absolute Gasteiger partial charge is 0.237 e. The summed E-state index contributed by atoms with van der Waals surface area (Å²) in [6.45, 7) is 2.28. The molecule has 0 unspecified atom stereocenters. The van der Waals surface area contributed by atoms with Gasteiger partial charge in [0.05, 0.1) is 18.2 Å². The summed E-state index contributed by atoms with van der Waals surface area (Å²) in [4.78, 5) is 4.02. The molecule has 0 N–H and O–H groups in total. The molecule has 2 rings (SSSR count). The Morgan fingerprint density at radius 3 is 2.70 bits per heavy atom. The average Bonchev–Trinajstić information content (AvgIpc) is 2.49. The number of ether oxygens (including phenoxy) is 2. The van der Waals surface area contributed by atoms with Crippen LogP contribution in [-0.2, 0) is 0 Å². The van der Waals surface area contributed by atoms with E-state index in [0.29, 0.717) is 29.2 Å². The lowest BCUT2D eigenvalue weighted by Gasteiger charge is -2.11. The third-order valence-electron chi connectivity index (χ3n) is 2.47. The van der Waals surface area contributed by atoms with Crippen molar-refractivity contribution in [3.05, 3.63) is 47.7 Å². The molecule has 98 valence electrons. The summed E-state index contributed by atoms with van der Waals surface area (Å²) in [6.07, 6.45) is 1.54. The second kappa shape index (κ2) is 6.21. The third-order valence-corrected chi connectivity index (χ3v) is 2.47. The van der Waals surface area contributed by atoms with Crippen molar-refractivity contribution in [2.75, 3.05) is 6.61 Å². The Labute approximate surface area is 116 Å². The largest absolute Gasteiger partial charge is 0.490 e. The van der Waals surface area contributed by atoms with Crippen molar-refractivity contribution in [2.45, 2.75) is 6.92 Å². The molecule has 0 radical (unpaired) electrons. The number of benzene rings is 1. The Hall–Kier alpha value is -3.05. The summed E-state index contributed by atoms with van der Waals surface area (Å²) in [5.74, 6) is 1.07. The van der Waals surface area contributed by atoms with Crippen molar-refractivity contribution >= 4 is 0 Å².